The van der Waals surface area contributed by atoms with Crippen molar-refractivity contribution in [2.45, 2.75) is 32.8 Å². The van der Waals surface area contributed by atoms with E-state index in [0.717, 1.165) is 5.56 Å². The maximum absolute atomic E-state index is 12.8. The van der Waals surface area contributed by atoms with Crippen molar-refractivity contribution in [3.8, 4) is 0 Å². The summed E-state index contributed by atoms with van der Waals surface area (Å²) < 4.78 is 18.9. The van der Waals surface area contributed by atoms with E-state index >= 15 is 0 Å². The highest BCUT2D eigenvalue weighted by molar-refractivity contribution is 9.10. The van der Waals surface area contributed by atoms with Crippen molar-refractivity contribution in [2.24, 2.45) is 0 Å². The van der Waals surface area contributed by atoms with Crippen LogP contribution in [0.5, 0.6) is 0 Å². The molecular weight excluding hydrogens is 287 g/mol. The highest BCUT2D eigenvalue weighted by Crippen LogP contribution is 2.19. The molecule has 0 aliphatic heterocycles. The molecule has 2 nitrogen and oxygen atoms in total. The highest BCUT2D eigenvalue weighted by Gasteiger charge is 2.14. The van der Waals surface area contributed by atoms with E-state index < -0.39 is 0 Å². The lowest BCUT2D eigenvalue weighted by Crippen LogP contribution is -2.24. The van der Waals surface area contributed by atoms with Crippen LogP contribution in [0.3, 0.4) is 0 Å². The molecule has 0 atom stereocenters. The highest BCUT2D eigenvalue weighted by atomic mass is 79.9. The van der Waals surface area contributed by atoms with Gasteiger partial charge in [-0.1, -0.05) is 22.0 Å². The van der Waals surface area contributed by atoms with Gasteiger partial charge in [0.25, 0.3) is 0 Å². The molecule has 0 aliphatic carbocycles. The molecule has 0 radical (unpaired) electrons. The van der Waals surface area contributed by atoms with E-state index in [0.29, 0.717) is 4.47 Å². The minimum absolute atomic E-state index is 0.0211. The van der Waals surface area contributed by atoms with Gasteiger partial charge in [-0.3, -0.25) is 4.79 Å². The maximum Gasteiger partial charge on any atom is 0.162 e. The van der Waals surface area contributed by atoms with Gasteiger partial charge >= 0.3 is 0 Å². The number of carbonyl (C=O) groups is 1. The van der Waals surface area contributed by atoms with E-state index in [9.17, 15) is 9.18 Å². The van der Waals surface area contributed by atoms with Gasteiger partial charge in [0.2, 0.25) is 0 Å². The van der Waals surface area contributed by atoms with E-state index in [1.165, 1.54) is 12.1 Å². The lowest BCUT2D eigenvalue weighted by Gasteiger charge is -2.18. The Balaban J connectivity index is 2.57. The zero-order valence-corrected chi connectivity index (χ0v) is 11.8. The average Bonchev–Trinajstić information content (AvgIpc) is 2.18. The van der Waals surface area contributed by atoms with Gasteiger partial charge in [0.1, 0.15) is 12.4 Å². The number of rotatable bonds is 4. The van der Waals surface area contributed by atoms with E-state index in [1.807, 2.05) is 20.8 Å². The van der Waals surface area contributed by atoms with Crippen molar-refractivity contribution in [2.75, 3.05) is 6.61 Å². The van der Waals surface area contributed by atoms with Crippen LogP contribution >= 0.6 is 15.9 Å². The molecule has 94 valence electrons. The van der Waals surface area contributed by atoms with Gasteiger partial charge < -0.3 is 4.74 Å². The van der Waals surface area contributed by atoms with Crippen molar-refractivity contribution in [3.63, 3.8) is 0 Å². The first-order valence-corrected chi connectivity index (χ1v) is 6.17. The Labute approximate surface area is 109 Å². The number of Topliss-reactive ketones (excluding diaryl/α,β-unsaturated/α-hetero) is 1. The second-order valence-electron chi connectivity index (χ2n) is 4.85. The Morgan fingerprint density at radius 1 is 1.41 bits per heavy atom. The number of halogens is 2. The second-order valence-corrected chi connectivity index (χ2v) is 5.71. The third-order valence-electron chi connectivity index (χ3n) is 2.07. The molecule has 0 amide bonds. The molecule has 0 bridgehead atoms. The fourth-order valence-electron chi connectivity index (χ4n) is 1.23. The van der Waals surface area contributed by atoms with E-state index in [1.54, 1.807) is 6.07 Å². The standard InChI is InChI=1S/C13H16BrFO2/c1-13(2,3)17-8-11(16)6-9-4-5-10(15)7-12(9)14/h4-5,7H,6,8H2,1-3H3. The number of ketones is 1. The summed E-state index contributed by atoms with van der Waals surface area (Å²) in [7, 11) is 0. The number of hydrogen-bond donors (Lipinski definition) is 0. The first kappa shape index (κ1) is 14.3. The van der Waals surface area contributed by atoms with Crippen LogP contribution in [0.15, 0.2) is 22.7 Å². The largest absolute Gasteiger partial charge is 0.368 e. The average molecular weight is 303 g/mol. The van der Waals surface area contributed by atoms with Crippen molar-refractivity contribution >= 4 is 21.7 Å². The summed E-state index contributed by atoms with van der Waals surface area (Å²) in [6.45, 7) is 5.77. The van der Waals surface area contributed by atoms with Gasteiger partial charge in [0.05, 0.1) is 5.60 Å². The first-order valence-electron chi connectivity index (χ1n) is 5.37. The van der Waals surface area contributed by atoms with Crippen LogP contribution in [0, 0.1) is 5.82 Å². The first-order chi connectivity index (χ1) is 7.78. The third kappa shape index (κ3) is 5.41. The molecule has 17 heavy (non-hydrogen) atoms. The summed E-state index contributed by atoms with van der Waals surface area (Å²) in [6, 6.07) is 4.31. The van der Waals surface area contributed by atoms with Crippen LogP contribution in [0.1, 0.15) is 26.3 Å². The van der Waals surface area contributed by atoms with Crippen LogP contribution < -0.4 is 0 Å². The van der Waals surface area contributed by atoms with Crippen molar-refractivity contribution in [1.82, 2.24) is 0 Å². The lowest BCUT2D eigenvalue weighted by atomic mass is 10.1. The zero-order valence-electron chi connectivity index (χ0n) is 10.2. The van der Waals surface area contributed by atoms with Crippen LogP contribution in [0.2, 0.25) is 0 Å². The van der Waals surface area contributed by atoms with Crippen LogP contribution in [0.4, 0.5) is 4.39 Å². The Kier molecular flexibility index (Phi) is 4.83. The topological polar surface area (TPSA) is 26.3 Å². The minimum Gasteiger partial charge on any atom is -0.368 e. The third-order valence-corrected chi connectivity index (χ3v) is 2.81. The zero-order chi connectivity index (χ0) is 13.1. The van der Waals surface area contributed by atoms with Crippen LogP contribution in [0.25, 0.3) is 0 Å². The fraction of sp³-hybridized carbons (Fsp3) is 0.462. The molecule has 0 unspecified atom stereocenters. The summed E-state index contributed by atoms with van der Waals surface area (Å²) in [6.07, 6.45) is 0.247. The SMILES string of the molecule is CC(C)(C)OCC(=O)Cc1ccc(F)cc1Br. The molecule has 0 fully saturated rings. The van der Waals surface area contributed by atoms with E-state index in [4.69, 9.17) is 4.74 Å². The van der Waals surface area contributed by atoms with Crippen LogP contribution in [-0.2, 0) is 16.0 Å². The summed E-state index contributed by atoms with van der Waals surface area (Å²) in [4.78, 5) is 11.7. The molecule has 0 saturated carbocycles. The molecule has 1 aromatic rings. The molecular formula is C13H16BrFO2. The molecule has 1 rings (SSSR count). The van der Waals surface area contributed by atoms with E-state index in [2.05, 4.69) is 15.9 Å². The monoisotopic (exact) mass is 302 g/mol. The predicted molar refractivity (Wildman–Crippen MR) is 68.5 cm³/mol. The second kappa shape index (κ2) is 5.74. The number of carbonyl (C=O) groups excluding carboxylic acids is 1. The summed E-state index contributed by atoms with van der Waals surface area (Å²) in [5.74, 6) is -0.341. The fourth-order valence-corrected chi connectivity index (χ4v) is 1.72. The molecule has 0 N–H and O–H groups in total. The maximum atomic E-state index is 12.8. The summed E-state index contributed by atoms with van der Waals surface area (Å²) in [5, 5.41) is 0. The normalized spacial score (nSPS) is 11.6. The predicted octanol–water partition coefficient (Wildman–Crippen LogP) is 3.51. The van der Waals surface area contributed by atoms with E-state index in [-0.39, 0.29) is 30.2 Å². The van der Waals surface area contributed by atoms with Crippen molar-refractivity contribution in [3.05, 3.63) is 34.1 Å². The number of ether oxygens (including phenoxy) is 1. The summed E-state index contributed by atoms with van der Waals surface area (Å²) in [5.41, 5.74) is 0.448. The quantitative estimate of drug-likeness (QED) is 0.851. The van der Waals surface area contributed by atoms with Gasteiger partial charge in [-0.2, -0.15) is 0 Å². The van der Waals surface area contributed by atoms with Gasteiger partial charge in [-0.15, -0.1) is 0 Å². The molecule has 0 saturated heterocycles. The Morgan fingerprint density at radius 3 is 2.59 bits per heavy atom. The molecule has 0 heterocycles. The van der Waals surface area contributed by atoms with Crippen molar-refractivity contribution in [1.29, 1.82) is 0 Å². The smallest absolute Gasteiger partial charge is 0.162 e. The molecule has 1 aromatic carbocycles. The van der Waals surface area contributed by atoms with Crippen molar-refractivity contribution < 1.29 is 13.9 Å². The minimum atomic E-state index is -0.324. The lowest BCUT2D eigenvalue weighted by molar-refractivity contribution is -0.127. The number of hydrogen-bond acceptors (Lipinski definition) is 2. The Bertz CT molecular complexity index is 410. The van der Waals surface area contributed by atoms with Gasteiger partial charge in [0.15, 0.2) is 5.78 Å². The summed E-state index contributed by atoms with van der Waals surface area (Å²) >= 11 is 3.23. The molecule has 4 heteroatoms. The molecule has 0 aliphatic rings. The molecule has 0 aromatic heterocycles. The molecule has 0 spiro atoms. The Morgan fingerprint density at radius 2 is 2.06 bits per heavy atom. The van der Waals surface area contributed by atoms with Gasteiger partial charge in [-0.05, 0) is 38.5 Å². The Hall–Kier alpha value is -0.740. The van der Waals surface area contributed by atoms with Crippen LogP contribution in [-0.4, -0.2) is 18.0 Å². The number of benzene rings is 1. The van der Waals surface area contributed by atoms with Gasteiger partial charge in [-0.25, -0.2) is 4.39 Å². The van der Waals surface area contributed by atoms with Gasteiger partial charge in [0, 0.05) is 10.9 Å².